The Morgan fingerprint density at radius 1 is 1.20 bits per heavy atom. The molecule has 82 valence electrons. The minimum atomic E-state index is -1.67. The van der Waals surface area contributed by atoms with Crippen LogP contribution in [0.1, 0.15) is 19.8 Å². The van der Waals surface area contributed by atoms with Gasteiger partial charge in [-0.05, 0) is 44.0 Å². The number of rotatable bonds is 4. The second-order valence-corrected chi connectivity index (χ2v) is 8.87. The van der Waals surface area contributed by atoms with Gasteiger partial charge in [-0.15, -0.1) is 0 Å². The van der Waals surface area contributed by atoms with Gasteiger partial charge >= 0.3 is 0 Å². The van der Waals surface area contributed by atoms with Crippen LogP contribution < -0.4 is 5.19 Å². The Balaban J connectivity index is 2.05. The molecule has 1 nitrogen and oxygen atoms in total. The van der Waals surface area contributed by atoms with Gasteiger partial charge in [0.25, 0.3) is 0 Å². The summed E-state index contributed by atoms with van der Waals surface area (Å²) in [4.78, 5) is 0. The SMILES string of the molecule is CC(O[Si](C)(C)c1ccccc1)C1CC1. The summed E-state index contributed by atoms with van der Waals surface area (Å²) in [5.74, 6) is 0.834. The highest BCUT2D eigenvalue weighted by Gasteiger charge is 2.34. The molecule has 0 amide bonds. The molecule has 0 aromatic heterocycles. The first-order chi connectivity index (χ1) is 7.09. The van der Waals surface area contributed by atoms with Gasteiger partial charge in [0.15, 0.2) is 0 Å². The second-order valence-electron chi connectivity index (χ2n) is 5.04. The fourth-order valence-electron chi connectivity index (χ4n) is 2.03. The molecular formula is C13H20OSi. The van der Waals surface area contributed by atoms with Crippen LogP contribution in [0.4, 0.5) is 0 Å². The third-order valence-electron chi connectivity index (χ3n) is 3.24. The molecule has 0 bridgehead atoms. The molecule has 1 aliphatic carbocycles. The largest absolute Gasteiger partial charge is 0.410 e. The molecule has 2 heteroatoms. The summed E-state index contributed by atoms with van der Waals surface area (Å²) < 4.78 is 6.29. The lowest BCUT2D eigenvalue weighted by molar-refractivity contribution is 0.193. The third-order valence-corrected chi connectivity index (χ3v) is 5.92. The van der Waals surface area contributed by atoms with E-state index in [1.54, 1.807) is 0 Å². The van der Waals surface area contributed by atoms with Crippen molar-refractivity contribution in [2.24, 2.45) is 5.92 Å². The van der Waals surface area contributed by atoms with Crippen molar-refractivity contribution in [3.63, 3.8) is 0 Å². The van der Waals surface area contributed by atoms with E-state index in [-0.39, 0.29) is 0 Å². The molecule has 1 saturated carbocycles. The molecule has 2 rings (SSSR count). The van der Waals surface area contributed by atoms with Crippen molar-refractivity contribution in [3.8, 4) is 0 Å². The molecule has 0 saturated heterocycles. The summed E-state index contributed by atoms with van der Waals surface area (Å²) in [6.45, 7) is 6.82. The molecule has 0 N–H and O–H groups in total. The van der Waals surface area contributed by atoms with Crippen LogP contribution in [0.25, 0.3) is 0 Å². The fourth-order valence-corrected chi connectivity index (χ4v) is 4.29. The second kappa shape index (κ2) is 4.10. The molecule has 1 atom stereocenters. The van der Waals surface area contributed by atoms with Crippen LogP contribution in [0.3, 0.4) is 0 Å². The molecule has 0 radical (unpaired) electrons. The average Bonchev–Trinajstić information content (AvgIpc) is 3.01. The van der Waals surface area contributed by atoms with Crippen LogP contribution in [0.15, 0.2) is 30.3 Å². The van der Waals surface area contributed by atoms with Crippen LogP contribution >= 0.6 is 0 Å². The van der Waals surface area contributed by atoms with Crippen molar-refractivity contribution in [3.05, 3.63) is 30.3 Å². The number of benzene rings is 1. The Labute approximate surface area is 93.6 Å². The van der Waals surface area contributed by atoms with Crippen molar-refractivity contribution in [2.75, 3.05) is 0 Å². The normalized spacial score (nSPS) is 18.9. The van der Waals surface area contributed by atoms with Crippen molar-refractivity contribution < 1.29 is 4.43 Å². The lowest BCUT2D eigenvalue weighted by Gasteiger charge is -2.27. The van der Waals surface area contributed by atoms with E-state index in [1.807, 2.05) is 0 Å². The van der Waals surface area contributed by atoms with Gasteiger partial charge in [-0.3, -0.25) is 0 Å². The van der Waals surface area contributed by atoms with E-state index in [9.17, 15) is 0 Å². The van der Waals surface area contributed by atoms with Gasteiger partial charge < -0.3 is 4.43 Å². The maximum absolute atomic E-state index is 6.29. The van der Waals surface area contributed by atoms with E-state index in [4.69, 9.17) is 4.43 Å². The van der Waals surface area contributed by atoms with E-state index < -0.39 is 8.32 Å². The first kappa shape index (κ1) is 10.9. The maximum Gasteiger partial charge on any atom is 0.218 e. The third kappa shape index (κ3) is 2.70. The van der Waals surface area contributed by atoms with Crippen LogP contribution in [-0.2, 0) is 4.43 Å². The summed E-state index contributed by atoms with van der Waals surface area (Å²) >= 11 is 0. The number of hydrogen-bond acceptors (Lipinski definition) is 1. The van der Waals surface area contributed by atoms with E-state index in [0.717, 1.165) is 5.92 Å². The van der Waals surface area contributed by atoms with Gasteiger partial charge in [0.05, 0.1) is 0 Å². The predicted octanol–water partition coefficient (Wildman–Crippen LogP) is 2.91. The van der Waals surface area contributed by atoms with E-state index in [1.165, 1.54) is 18.0 Å². The molecule has 1 aromatic carbocycles. The molecular weight excluding hydrogens is 200 g/mol. The van der Waals surface area contributed by atoms with Crippen LogP contribution in [0.2, 0.25) is 13.1 Å². The van der Waals surface area contributed by atoms with Gasteiger partial charge in [-0.1, -0.05) is 30.3 Å². The summed E-state index contributed by atoms with van der Waals surface area (Å²) in [6, 6.07) is 10.7. The Kier molecular flexibility index (Phi) is 2.98. The Hall–Kier alpha value is -0.603. The highest BCUT2D eigenvalue weighted by Crippen LogP contribution is 2.35. The summed E-state index contributed by atoms with van der Waals surface area (Å²) in [5.41, 5.74) is 0. The standard InChI is InChI=1S/C13H20OSi/c1-11(12-9-10-12)14-15(2,3)13-7-5-4-6-8-13/h4-8,11-12H,9-10H2,1-3H3. The quantitative estimate of drug-likeness (QED) is 0.709. The van der Waals surface area contributed by atoms with Crippen LogP contribution in [0, 0.1) is 5.92 Å². The first-order valence-electron chi connectivity index (χ1n) is 5.83. The first-order valence-corrected chi connectivity index (χ1v) is 8.74. The van der Waals surface area contributed by atoms with Crippen molar-refractivity contribution in [1.82, 2.24) is 0 Å². The highest BCUT2D eigenvalue weighted by molar-refractivity contribution is 6.84. The Bertz CT molecular complexity index is 317. The van der Waals surface area contributed by atoms with Gasteiger partial charge in [-0.25, -0.2) is 0 Å². The van der Waals surface area contributed by atoms with Gasteiger partial charge in [-0.2, -0.15) is 0 Å². The summed E-state index contributed by atoms with van der Waals surface area (Å²) in [6.07, 6.45) is 3.17. The molecule has 1 fully saturated rings. The van der Waals surface area contributed by atoms with Gasteiger partial charge in [0.2, 0.25) is 8.32 Å². The Morgan fingerprint density at radius 2 is 1.80 bits per heavy atom. The predicted molar refractivity (Wildman–Crippen MR) is 66.8 cm³/mol. The van der Waals surface area contributed by atoms with E-state index >= 15 is 0 Å². The lowest BCUT2D eigenvalue weighted by atomic mass is 10.3. The minimum absolute atomic E-state index is 0.451. The highest BCUT2D eigenvalue weighted by atomic mass is 28.4. The monoisotopic (exact) mass is 220 g/mol. The molecule has 15 heavy (non-hydrogen) atoms. The van der Waals surface area contributed by atoms with Crippen molar-refractivity contribution >= 4 is 13.5 Å². The molecule has 1 unspecified atom stereocenters. The van der Waals surface area contributed by atoms with Crippen LogP contribution in [-0.4, -0.2) is 14.4 Å². The zero-order valence-corrected chi connectivity index (χ0v) is 10.9. The summed E-state index contributed by atoms with van der Waals surface area (Å²) in [5, 5.41) is 1.40. The van der Waals surface area contributed by atoms with Gasteiger partial charge in [0.1, 0.15) is 0 Å². The maximum atomic E-state index is 6.29. The molecule has 0 spiro atoms. The topological polar surface area (TPSA) is 9.23 Å². The van der Waals surface area contributed by atoms with E-state index in [2.05, 4.69) is 50.3 Å². The molecule has 1 aliphatic rings. The average molecular weight is 220 g/mol. The summed E-state index contributed by atoms with van der Waals surface area (Å²) in [7, 11) is -1.67. The Morgan fingerprint density at radius 3 is 2.33 bits per heavy atom. The zero-order chi connectivity index (χ0) is 10.9. The van der Waals surface area contributed by atoms with E-state index in [0.29, 0.717) is 6.10 Å². The number of hydrogen-bond donors (Lipinski definition) is 0. The fraction of sp³-hybridized carbons (Fsp3) is 0.538. The van der Waals surface area contributed by atoms with Crippen LogP contribution in [0.5, 0.6) is 0 Å². The minimum Gasteiger partial charge on any atom is -0.410 e. The van der Waals surface area contributed by atoms with Crippen molar-refractivity contribution in [2.45, 2.75) is 39.0 Å². The lowest BCUT2D eigenvalue weighted by Crippen LogP contribution is -2.47. The molecule has 1 aromatic rings. The van der Waals surface area contributed by atoms with Crippen molar-refractivity contribution in [1.29, 1.82) is 0 Å². The zero-order valence-electron chi connectivity index (χ0n) is 9.86. The smallest absolute Gasteiger partial charge is 0.218 e. The molecule has 0 heterocycles. The van der Waals surface area contributed by atoms with Gasteiger partial charge in [0, 0.05) is 6.10 Å². The molecule has 0 aliphatic heterocycles.